The van der Waals surface area contributed by atoms with Gasteiger partial charge < -0.3 is 16.2 Å². The molecule has 4 N–H and O–H groups in total. The molecule has 1 aliphatic rings. The zero-order valence-electron chi connectivity index (χ0n) is 10.4. The molecule has 17 heavy (non-hydrogen) atoms. The van der Waals surface area contributed by atoms with Crippen molar-refractivity contribution >= 4 is 11.9 Å². The minimum absolute atomic E-state index is 0.186. The molecule has 1 saturated carbocycles. The average molecular weight is 242 g/mol. The molecule has 1 aliphatic carbocycles. The highest BCUT2D eigenvalue weighted by molar-refractivity contribution is 5.87. The zero-order chi connectivity index (χ0) is 12.9. The lowest BCUT2D eigenvalue weighted by Gasteiger charge is -2.35. The summed E-state index contributed by atoms with van der Waals surface area (Å²) in [6.45, 7) is 2.05. The second-order valence-corrected chi connectivity index (χ2v) is 4.82. The van der Waals surface area contributed by atoms with E-state index in [0.717, 1.165) is 32.1 Å². The van der Waals surface area contributed by atoms with Gasteiger partial charge in [0.25, 0.3) is 0 Å². The van der Waals surface area contributed by atoms with E-state index in [1.165, 1.54) is 0 Å². The minimum atomic E-state index is -0.983. The molecule has 0 aromatic heterocycles. The lowest BCUT2D eigenvalue weighted by atomic mass is 9.73. The summed E-state index contributed by atoms with van der Waals surface area (Å²) in [7, 11) is 0. The van der Waals surface area contributed by atoms with E-state index < -0.39 is 17.4 Å². The summed E-state index contributed by atoms with van der Waals surface area (Å²) in [4.78, 5) is 23.1. The van der Waals surface area contributed by atoms with E-state index in [2.05, 4.69) is 5.32 Å². The number of aliphatic carboxylic acids is 1. The fraction of sp³-hybridized carbons (Fsp3) is 0.833. The van der Waals surface area contributed by atoms with E-state index in [-0.39, 0.29) is 5.91 Å². The Morgan fingerprint density at radius 1 is 1.35 bits per heavy atom. The first-order chi connectivity index (χ1) is 8.05. The second-order valence-electron chi connectivity index (χ2n) is 4.82. The van der Waals surface area contributed by atoms with Crippen LogP contribution in [0.1, 0.15) is 45.4 Å². The molecule has 0 aromatic carbocycles. The fourth-order valence-electron chi connectivity index (χ4n) is 2.40. The number of carbonyl (C=O) groups excluding carboxylic acids is 1. The normalized spacial score (nSPS) is 20.6. The molecule has 1 fully saturated rings. The number of nitrogens with two attached hydrogens (primary N) is 1. The van der Waals surface area contributed by atoms with E-state index in [1.54, 1.807) is 6.92 Å². The van der Waals surface area contributed by atoms with Crippen LogP contribution in [0.3, 0.4) is 0 Å². The summed E-state index contributed by atoms with van der Waals surface area (Å²) in [5.74, 6) is -1.17. The fourth-order valence-corrected chi connectivity index (χ4v) is 2.40. The van der Waals surface area contributed by atoms with Gasteiger partial charge in [-0.2, -0.15) is 0 Å². The molecule has 0 spiro atoms. The summed E-state index contributed by atoms with van der Waals surface area (Å²) in [5, 5.41) is 11.5. The molecule has 5 heteroatoms. The van der Waals surface area contributed by atoms with E-state index >= 15 is 0 Å². The first-order valence-corrected chi connectivity index (χ1v) is 6.29. The van der Waals surface area contributed by atoms with E-state index in [1.807, 2.05) is 0 Å². The second kappa shape index (κ2) is 6.00. The lowest BCUT2D eigenvalue weighted by Crippen LogP contribution is -2.52. The van der Waals surface area contributed by atoms with Gasteiger partial charge in [0.05, 0.1) is 5.41 Å². The summed E-state index contributed by atoms with van der Waals surface area (Å²) < 4.78 is 0. The van der Waals surface area contributed by atoms with Crippen LogP contribution in [0, 0.1) is 5.41 Å². The molecule has 0 bridgehead atoms. The first-order valence-electron chi connectivity index (χ1n) is 6.29. The van der Waals surface area contributed by atoms with Crippen molar-refractivity contribution in [1.82, 2.24) is 5.32 Å². The van der Waals surface area contributed by atoms with Crippen molar-refractivity contribution in [3.63, 3.8) is 0 Å². The third kappa shape index (κ3) is 3.19. The third-order valence-electron chi connectivity index (χ3n) is 3.69. The number of carboxylic acids is 1. The number of amides is 1. The molecule has 1 amide bonds. The number of carbonyl (C=O) groups is 2. The molecule has 0 radical (unpaired) electrons. The van der Waals surface area contributed by atoms with Gasteiger partial charge in [-0.05, 0) is 19.3 Å². The van der Waals surface area contributed by atoms with E-state index in [9.17, 15) is 9.59 Å². The van der Waals surface area contributed by atoms with Gasteiger partial charge in [-0.25, -0.2) is 4.79 Å². The van der Waals surface area contributed by atoms with Gasteiger partial charge in [-0.3, -0.25) is 4.79 Å². The van der Waals surface area contributed by atoms with Gasteiger partial charge in [-0.1, -0.05) is 26.2 Å². The number of carboxylic acid groups (broad SMARTS) is 1. The largest absolute Gasteiger partial charge is 0.480 e. The van der Waals surface area contributed by atoms with Crippen LogP contribution in [-0.2, 0) is 9.59 Å². The molecule has 0 aromatic rings. The Hall–Kier alpha value is -1.10. The highest BCUT2D eigenvalue weighted by Gasteiger charge is 2.39. The number of nitrogens with one attached hydrogen (secondary N) is 1. The smallest absolute Gasteiger partial charge is 0.326 e. The molecule has 0 saturated heterocycles. The maximum atomic E-state index is 12.2. The van der Waals surface area contributed by atoms with Crippen molar-refractivity contribution in [3.8, 4) is 0 Å². The molecule has 98 valence electrons. The molecular formula is C12H22N2O3. The van der Waals surface area contributed by atoms with Gasteiger partial charge in [0.1, 0.15) is 6.04 Å². The standard InChI is InChI=1S/C12H22N2O3/c1-2-9(10(15)16)14-11(17)12(8-13)6-4-3-5-7-12/h9H,2-8,13H2,1H3,(H,14,17)(H,15,16)/t9-/m1/s1. The van der Waals surface area contributed by atoms with E-state index in [4.69, 9.17) is 10.8 Å². The highest BCUT2D eigenvalue weighted by Crippen LogP contribution is 2.35. The van der Waals surface area contributed by atoms with Crippen molar-refractivity contribution in [2.45, 2.75) is 51.5 Å². The van der Waals surface area contributed by atoms with Crippen molar-refractivity contribution in [2.24, 2.45) is 11.1 Å². The SMILES string of the molecule is CC[C@@H](NC(=O)C1(CN)CCCCC1)C(=O)O. The van der Waals surface area contributed by atoms with Crippen LogP contribution in [0.4, 0.5) is 0 Å². The van der Waals surface area contributed by atoms with E-state index in [0.29, 0.717) is 13.0 Å². The van der Waals surface area contributed by atoms with Gasteiger partial charge in [0, 0.05) is 6.54 Å². The minimum Gasteiger partial charge on any atom is -0.480 e. The van der Waals surface area contributed by atoms with Crippen LogP contribution >= 0.6 is 0 Å². The van der Waals surface area contributed by atoms with Crippen molar-refractivity contribution in [1.29, 1.82) is 0 Å². The Morgan fingerprint density at radius 2 is 1.94 bits per heavy atom. The Morgan fingerprint density at radius 3 is 2.35 bits per heavy atom. The van der Waals surface area contributed by atoms with Crippen LogP contribution in [-0.4, -0.2) is 29.6 Å². The van der Waals surface area contributed by atoms with Crippen LogP contribution in [0.15, 0.2) is 0 Å². The quantitative estimate of drug-likeness (QED) is 0.667. The van der Waals surface area contributed by atoms with Gasteiger partial charge in [-0.15, -0.1) is 0 Å². The molecule has 0 aliphatic heterocycles. The summed E-state index contributed by atoms with van der Waals surface area (Å²) in [6, 6.07) is -0.798. The summed E-state index contributed by atoms with van der Waals surface area (Å²) in [5.41, 5.74) is 5.18. The molecule has 0 unspecified atom stereocenters. The van der Waals surface area contributed by atoms with Crippen molar-refractivity contribution < 1.29 is 14.7 Å². The third-order valence-corrected chi connectivity index (χ3v) is 3.69. The van der Waals surface area contributed by atoms with Crippen LogP contribution in [0.5, 0.6) is 0 Å². The summed E-state index contributed by atoms with van der Waals surface area (Å²) >= 11 is 0. The Labute approximate surface area is 102 Å². The zero-order valence-corrected chi connectivity index (χ0v) is 10.4. The summed E-state index contributed by atoms with van der Waals surface area (Å²) in [6.07, 6.45) is 5.05. The Bertz CT molecular complexity index is 285. The average Bonchev–Trinajstić information content (AvgIpc) is 2.35. The van der Waals surface area contributed by atoms with Gasteiger partial charge in [0.15, 0.2) is 0 Å². The van der Waals surface area contributed by atoms with Crippen molar-refractivity contribution in [2.75, 3.05) is 6.54 Å². The molecule has 1 atom stereocenters. The van der Waals surface area contributed by atoms with Gasteiger partial charge in [0.2, 0.25) is 5.91 Å². The lowest BCUT2D eigenvalue weighted by molar-refractivity contribution is -0.144. The predicted molar refractivity (Wildman–Crippen MR) is 64.4 cm³/mol. The van der Waals surface area contributed by atoms with Crippen LogP contribution < -0.4 is 11.1 Å². The number of hydrogen-bond donors (Lipinski definition) is 3. The maximum absolute atomic E-state index is 12.2. The van der Waals surface area contributed by atoms with Crippen LogP contribution in [0.25, 0.3) is 0 Å². The van der Waals surface area contributed by atoms with Crippen molar-refractivity contribution in [3.05, 3.63) is 0 Å². The van der Waals surface area contributed by atoms with Crippen LogP contribution in [0.2, 0.25) is 0 Å². The number of hydrogen-bond acceptors (Lipinski definition) is 3. The monoisotopic (exact) mass is 242 g/mol. The molecule has 5 nitrogen and oxygen atoms in total. The first kappa shape index (κ1) is 14.0. The Kier molecular flexibility index (Phi) is 4.93. The molecular weight excluding hydrogens is 220 g/mol. The molecule has 1 rings (SSSR count). The Balaban J connectivity index is 2.68. The highest BCUT2D eigenvalue weighted by atomic mass is 16.4. The topological polar surface area (TPSA) is 92.4 Å². The van der Waals surface area contributed by atoms with Gasteiger partial charge >= 0.3 is 5.97 Å². The predicted octanol–water partition coefficient (Wildman–Crippen LogP) is 0.875. The maximum Gasteiger partial charge on any atom is 0.326 e. The molecule has 0 heterocycles. The number of rotatable bonds is 5.